The number of ether oxygens (including phenoxy) is 1. The summed E-state index contributed by atoms with van der Waals surface area (Å²) in [5.41, 5.74) is -0.375. The van der Waals surface area contributed by atoms with Crippen molar-refractivity contribution in [3.63, 3.8) is 0 Å². The molecular formula is C11H16BClN2O3. The minimum absolute atomic E-state index is 0.240. The van der Waals surface area contributed by atoms with Gasteiger partial charge in [0.05, 0.1) is 35.1 Å². The van der Waals surface area contributed by atoms with E-state index in [4.69, 9.17) is 25.6 Å². The zero-order valence-electron chi connectivity index (χ0n) is 11.2. The summed E-state index contributed by atoms with van der Waals surface area (Å²) in [6.07, 6.45) is 1.48. The number of rotatable bonds is 2. The molecule has 1 aromatic heterocycles. The summed E-state index contributed by atoms with van der Waals surface area (Å²) in [6, 6.07) is 0.240. The average molecular weight is 271 g/mol. The molecule has 1 aliphatic rings. The first-order chi connectivity index (χ1) is 8.27. The first-order valence-electron chi connectivity index (χ1n) is 5.69. The van der Waals surface area contributed by atoms with Gasteiger partial charge in [-0.05, 0) is 27.7 Å². The lowest BCUT2D eigenvalue weighted by Gasteiger charge is -2.32. The van der Waals surface area contributed by atoms with Crippen LogP contribution in [0.1, 0.15) is 27.7 Å². The summed E-state index contributed by atoms with van der Waals surface area (Å²) in [4.78, 5) is 8.11. The Morgan fingerprint density at radius 3 is 2.28 bits per heavy atom. The van der Waals surface area contributed by atoms with Crippen LogP contribution in [0.25, 0.3) is 0 Å². The van der Waals surface area contributed by atoms with Crippen LogP contribution in [0.4, 0.5) is 0 Å². The van der Waals surface area contributed by atoms with E-state index in [0.29, 0.717) is 10.6 Å². The Kier molecular flexibility index (Phi) is 3.29. The summed E-state index contributed by atoms with van der Waals surface area (Å²) < 4.78 is 16.7. The van der Waals surface area contributed by atoms with Crippen molar-refractivity contribution < 1.29 is 14.0 Å². The van der Waals surface area contributed by atoms with Gasteiger partial charge in [0.2, 0.25) is 0 Å². The highest BCUT2D eigenvalue weighted by molar-refractivity contribution is 6.64. The van der Waals surface area contributed by atoms with Gasteiger partial charge in [0.1, 0.15) is 0 Å². The number of methoxy groups -OCH3 is 1. The number of hydrogen-bond acceptors (Lipinski definition) is 5. The molecule has 0 atom stereocenters. The maximum absolute atomic E-state index is 6.08. The Bertz CT molecular complexity index is 452. The van der Waals surface area contributed by atoms with E-state index in [1.807, 2.05) is 27.7 Å². The Labute approximate surface area is 112 Å². The number of hydrogen-bond donors (Lipinski definition) is 0. The molecule has 98 valence electrons. The summed E-state index contributed by atoms with van der Waals surface area (Å²) >= 11 is 6.08. The number of aromatic nitrogens is 2. The molecule has 1 aliphatic heterocycles. The molecular weight excluding hydrogens is 254 g/mol. The molecule has 0 unspecified atom stereocenters. The van der Waals surface area contributed by atoms with Crippen molar-refractivity contribution >= 4 is 24.3 Å². The van der Waals surface area contributed by atoms with Crippen molar-refractivity contribution in [2.45, 2.75) is 38.9 Å². The van der Waals surface area contributed by atoms with Gasteiger partial charge in [-0.3, -0.25) is 0 Å². The normalized spacial score (nSPS) is 21.1. The molecule has 7 heteroatoms. The van der Waals surface area contributed by atoms with Crippen LogP contribution >= 0.6 is 11.6 Å². The average Bonchev–Trinajstić information content (AvgIpc) is 2.48. The number of halogens is 1. The zero-order valence-corrected chi connectivity index (χ0v) is 11.9. The Morgan fingerprint density at radius 2 is 1.78 bits per heavy atom. The molecule has 1 aromatic rings. The molecule has 2 heterocycles. The van der Waals surface area contributed by atoms with E-state index >= 15 is 0 Å². The van der Waals surface area contributed by atoms with Crippen LogP contribution in [0.15, 0.2) is 6.20 Å². The second-order valence-electron chi connectivity index (χ2n) is 5.18. The van der Waals surface area contributed by atoms with Crippen LogP contribution < -0.4 is 10.3 Å². The first kappa shape index (κ1) is 13.6. The van der Waals surface area contributed by atoms with Crippen molar-refractivity contribution in [2.24, 2.45) is 0 Å². The predicted molar refractivity (Wildman–Crippen MR) is 69.3 cm³/mol. The van der Waals surface area contributed by atoms with E-state index < -0.39 is 18.3 Å². The highest BCUT2D eigenvalue weighted by Gasteiger charge is 2.53. The van der Waals surface area contributed by atoms with E-state index in [0.717, 1.165) is 0 Å². The summed E-state index contributed by atoms with van der Waals surface area (Å²) in [6.45, 7) is 7.89. The minimum Gasteiger partial charge on any atom is -0.467 e. The fourth-order valence-corrected chi connectivity index (χ4v) is 1.76. The maximum Gasteiger partial charge on any atom is 0.516 e. The molecule has 0 aliphatic carbocycles. The van der Waals surface area contributed by atoms with E-state index in [-0.39, 0.29) is 6.01 Å². The zero-order chi connectivity index (χ0) is 13.6. The van der Waals surface area contributed by atoms with Gasteiger partial charge >= 0.3 is 13.1 Å². The summed E-state index contributed by atoms with van der Waals surface area (Å²) in [7, 11) is 0.886. The fraction of sp³-hybridized carbons (Fsp3) is 0.636. The second-order valence-corrected chi connectivity index (χ2v) is 5.59. The third-order valence-electron chi connectivity index (χ3n) is 3.41. The van der Waals surface area contributed by atoms with Gasteiger partial charge in [0.25, 0.3) is 0 Å². The molecule has 5 nitrogen and oxygen atoms in total. The minimum atomic E-state index is -0.612. The molecule has 0 N–H and O–H groups in total. The van der Waals surface area contributed by atoms with Gasteiger partial charge < -0.3 is 14.0 Å². The topological polar surface area (TPSA) is 53.5 Å². The van der Waals surface area contributed by atoms with E-state index in [1.165, 1.54) is 13.3 Å². The number of nitrogens with zero attached hydrogens (tertiary/aromatic N) is 2. The molecule has 0 aromatic carbocycles. The quantitative estimate of drug-likeness (QED) is 0.761. The Balaban J connectivity index is 2.34. The second kappa shape index (κ2) is 4.37. The Hall–Kier alpha value is -0.845. The van der Waals surface area contributed by atoms with Gasteiger partial charge in [-0.1, -0.05) is 11.6 Å². The molecule has 2 rings (SSSR count). The predicted octanol–water partition coefficient (Wildman–Crippen LogP) is 1.44. The van der Waals surface area contributed by atoms with Gasteiger partial charge in [-0.2, -0.15) is 0 Å². The van der Waals surface area contributed by atoms with Gasteiger partial charge in [0, 0.05) is 0 Å². The molecule has 0 radical (unpaired) electrons. The van der Waals surface area contributed by atoms with Crippen molar-refractivity contribution in [1.82, 2.24) is 9.97 Å². The van der Waals surface area contributed by atoms with Crippen LogP contribution in [-0.4, -0.2) is 35.4 Å². The fourth-order valence-electron chi connectivity index (χ4n) is 1.58. The molecule has 0 bridgehead atoms. The summed E-state index contributed by atoms with van der Waals surface area (Å²) in [5.74, 6) is 0. The van der Waals surface area contributed by atoms with Gasteiger partial charge in [0.15, 0.2) is 0 Å². The highest BCUT2D eigenvalue weighted by Crippen LogP contribution is 2.36. The SMILES string of the molecule is COc1ncc(Cl)c(B2OC(C)(C)C(C)(C)O2)n1. The lowest BCUT2D eigenvalue weighted by molar-refractivity contribution is 0.00578. The van der Waals surface area contributed by atoms with Crippen molar-refractivity contribution in [3.8, 4) is 6.01 Å². The highest BCUT2D eigenvalue weighted by atomic mass is 35.5. The molecule has 0 spiro atoms. The van der Waals surface area contributed by atoms with E-state index in [2.05, 4.69) is 9.97 Å². The van der Waals surface area contributed by atoms with Gasteiger partial charge in [-0.15, -0.1) is 0 Å². The van der Waals surface area contributed by atoms with E-state index in [1.54, 1.807) is 0 Å². The van der Waals surface area contributed by atoms with Crippen LogP contribution in [0, 0.1) is 0 Å². The maximum atomic E-state index is 6.08. The summed E-state index contributed by atoms with van der Waals surface area (Å²) in [5, 5.41) is 0.398. The van der Waals surface area contributed by atoms with Crippen LogP contribution in [0.2, 0.25) is 5.02 Å². The standard InChI is InChI=1S/C11H16BClN2O3/c1-10(2)11(3,4)18-12(17-10)8-7(13)6-14-9(15-8)16-5/h6H,1-5H3. The smallest absolute Gasteiger partial charge is 0.467 e. The lowest BCUT2D eigenvalue weighted by Crippen LogP contribution is -2.41. The van der Waals surface area contributed by atoms with Crippen LogP contribution in [0.3, 0.4) is 0 Å². The monoisotopic (exact) mass is 270 g/mol. The molecule has 0 amide bonds. The lowest BCUT2D eigenvalue weighted by atomic mass is 9.84. The van der Waals surface area contributed by atoms with Crippen molar-refractivity contribution in [1.29, 1.82) is 0 Å². The van der Waals surface area contributed by atoms with Gasteiger partial charge in [-0.25, -0.2) is 9.97 Å². The van der Waals surface area contributed by atoms with Crippen molar-refractivity contribution in [3.05, 3.63) is 11.2 Å². The van der Waals surface area contributed by atoms with Crippen molar-refractivity contribution in [2.75, 3.05) is 7.11 Å². The molecule has 1 fully saturated rings. The third kappa shape index (κ3) is 2.20. The largest absolute Gasteiger partial charge is 0.516 e. The molecule has 1 saturated heterocycles. The van der Waals surface area contributed by atoms with Crippen LogP contribution in [-0.2, 0) is 9.31 Å². The first-order valence-corrected chi connectivity index (χ1v) is 6.07. The Morgan fingerprint density at radius 1 is 1.22 bits per heavy atom. The van der Waals surface area contributed by atoms with E-state index in [9.17, 15) is 0 Å². The molecule has 18 heavy (non-hydrogen) atoms. The van der Waals surface area contributed by atoms with Crippen LogP contribution in [0.5, 0.6) is 6.01 Å². The third-order valence-corrected chi connectivity index (χ3v) is 3.70. The molecule has 0 saturated carbocycles.